The first-order valence-corrected chi connectivity index (χ1v) is 8.21. The van der Waals surface area contributed by atoms with Crippen molar-refractivity contribution < 1.29 is 14.5 Å². The third-order valence-corrected chi connectivity index (χ3v) is 3.95. The molecule has 0 aromatic heterocycles. The van der Waals surface area contributed by atoms with Gasteiger partial charge >= 0.3 is 0 Å². The van der Waals surface area contributed by atoms with Gasteiger partial charge in [-0.2, -0.15) is 0 Å². The van der Waals surface area contributed by atoms with Crippen LogP contribution in [0.4, 0.5) is 5.69 Å². The number of non-ortho nitro benzene ring substituents is 1. The monoisotopic (exact) mass is 389 g/mol. The van der Waals surface area contributed by atoms with Gasteiger partial charge in [0.05, 0.1) is 4.92 Å². The number of nitro groups is 1. The number of nitro benzene ring substituents is 1. The van der Waals surface area contributed by atoms with Gasteiger partial charge in [0, 0.05) is 22.7 Å². The summed E-state index contributed by atoms with van der Waals surface area (Å²) in [4.78, 5) is 22.3. The number of carbonyl (C=O) groups excluding carboxylic acids is 1. The Hall–Kier alpha value is -2.97. The highest BCUT2D eigenvalue weighted by atomic mass is 35.5. The number of nitrogens with zero attached hydrogens (tertiary/aromatic N) is 1. The number of carbonyl (C=O) groups is 1. The molecule has 2 aromatic rings. The van der Waals surface area contributed by atoms with Crippen molar-refractivity contribution in [2.24, 2.45) is 0 Å². The average Bonchev–Trinajstić information content (AvgIpc) is 2.91. The number of nitrogens with one attached hydrogen (secondary N) is 2. The lowest BCUT2D eigenvalue weighted by molar-refractivity contribution is -0.384. The molecular weight excluding hydrogens is 378 g/mol. The molecule has 132 valence electrons. The Bertz CT molecular complexity index is 945. The number of amides is 1. The van der Waals surface area contributed by atoms with Crippen molar-refractivity contribution in [2.45, 2.75) is 6.61 Å². The van der Waals surface area contributed by atoms with Crippen LogP contribution in [-0.2, 0) is 11.4 Å². The summed E-state index contributed by atoms with van der Waals surface area (Å²) >= 11 is 10.8. The number of thiocarbonyl (C=S) groups is 1. The van der Waals surface area contributed by atoms with Gasteiger partial charge in [-0.3, -0.25) is 20.2 Å². The molecule has 0 radical (unpaired) electrons. The first-order valence-electron chi connectivity index (χ1n) is 7.42. The maximum atomic E-state index is 11.8. The van der Waals surface area contributed by atoms with E-state index < -0.39 is 10.8 Å². The van der Waals surface area contributed by atoms with Crippen molar-refractivity contribution in [3.8, 4) is 5.75 Å². The molecule has 7 nitrogen and oxygen atoms in total. The molecule has 0 aliphatic carbocycles. The smallest absolute Gasteiger partial charge is 0.273 e. The van der Waals surface area contributed by atoms with E-state index in [-0.39, 0.29) is 23.1 Å². The molecule has 1 aliphatic rings. The fourth-order valence-electron chi connectivity index (χ4n) is 2.32. The van der Waals surface area contributed by atoms with E-state index in [0.717, 1.165) is 5.56 Å². The molecule has 1 aliphatic heterocycles. The van der Waals surface area contributed by atoms with Gasteiger partial charge in [0.25, 0.3) is 11.6 Å². The van der Waals surface area contributed by atoms with Crippen molar-refractivity contribution in [3.63, 3.8) is 0 Å². The minimum absolute atomic E-state index is 0.118. The van der Waals surface area contributed by atoms with E-state index in [2.05, 4.69) is 10.6 Å². The fourth-order valence-corrected chi connectivity index (χ4v) is 2.73. The Kier molecular flexibility index (Phi) is 5.15. The first kappa shape index (κ1) is 17.8. The van der Waals surface area contributed by atoms with Crippen LogP contribution in [0.2, 0.25) is 5.02 Å². The van der Waals surface area contributed by atoms with Crippen molar-refractivity contribution in [1.29, 1.82) is 0 Å². The molecule has 0 spiro atoms. The van der Waals surface area contributed by atoms with Crippen LogP contribution in [0.5, 0.6) is 5.75 Å². The van der Waals surface area contributed by atoms with Crippen LogP contribution >= 0.6 is 23.8 Å². The zero-order valence-electron chi connectivity index (χ0n) is 13.2. The molecule has 0 unspecified atom stereocenters. The average molecular weight is 390 g/mol. The highest BCUT2D eigenvalue weighted by Crippen LogP contribution is 2.27. The van der Waals surface area contributed by atoms with E-state index in [9.17, 15) is 14.9 Å². The summed E-state index contributed by atoms with van der Waals surface area (Å²) in [6.07, 6.45) is 1.45. The quantitative estimate of drug-likeness (QED) is 0.353. The number of hydrogen-bond acceptors (Lipinski definition) is 5. The minimum atomic E-state index is -0.518. The molecule has 1 fully saturated rings. The van der Waals surface area contributed by atoms with E-state index in [1.165, 1.54) is 24.3 Å². The third kappa shape index (κ3) is 4.16. The Morgan fingerprint density at radius 3 is 2.69 bits per heavy atom. The van der Waals surface area contributed by atoms with E-state index in [1.807, 2.05) is 6.07 Å². The largest absolute Gasteiger partial charge is 0.488 e. The van der Waals surface area contributed by atoms with Gasteiger partial charge in [-0.05, 0) is 42.1 Å². The molecule has 26 heavy (non-hydrogen) atoms. The van der Waals surface area contributed by atoms with Crippen LogP contribution in [0, 0.1) is 10.1 Å². The van der Waals surface area contributed by atoms with Gasteiger partial charge in [-0.25, -0.2) is 0 Å². The summed E-state index contributed by atoms with van der Waals surface area (Å²) in [5.41, 5.74) is 1.28. The Labute approximate surface area is 158 Å². The summed E-state index contributed by atoms with van der Waals surface area (Å²) < 4.78 is 5.77. The molecule has 3 rings (SSSR count). The van der Waals surface area contributed by atoms with Gasteiger partial charge < -0.3 is 10.1 Å². The number of ether oxygens (including phenoxy) is 1. The third-order valence-electron chi connectivity index (χ3n) is 3.51. The second-order valence-corrected chi connectivity index (χ2v) is 6.21. The molecule has 0 atom stereocenters. The van der Waals surface area contributed by atoms with Gasteiger partial charge in [-0.15, -0.1) is 0 Å². The van der Waals surface area contributed by atoms with Crippen LogP contribution in [0.1, 0.15) is 11.1 Å². The topological polar surface area (TPSA) is 93.5 Å². The maximum absolute atomic E-state index is 11.8. The van der Waals surface area contributed by atoms with Crippen LogP contribution in [0.15, 0.2) is 48.2 Å². The summed E-state index contributed by atoms with van der Waals surface area (Å²) in [6, 6.07) is 11.3. The fraction of sp³-hybridized carbons (Fsp3) is 0.0588. The predicted molar refractivity (Wildman–Crippen MR) is 101 cm³/mol. The van der Waals surface area contributed by atoms with Gasteiger partial charge in [-0.1, -0.05) is 23.7 Å². The SMILES string of the molecule is O=C1NC(=S)NC1=Cc1cc([N+](=O)[O-])ccc1OCc1cccc(Cl)c1. The van der Waals surface area contributed by atoms with Crippen molar-refractivity contribution in [1.82, 2.24) is 10.6 Å². The van der Waals surface area contributed by atoms with E-state index in [0.29, 0.717) is 16.3 Å². The van der Waals surface area contributed by atoms with E-state index in [4.69, 9.17) is 28.6 Å². The standard InChI is InChI=1S/C17H12ClN3O4S/c18-12-3-1-2-10(6-12)9-25-15-5-4-13(21(23)24)7-11(15)8-14-16(22)20-17(26)19-14/h1-8H,9H2,(H2,19,20,22,26). The Balaban J connectivity index is 1.91. The summed E-state index contributed by atoms with van der Waals surface area (Å²) in [7, 11) is 0. The number of rotatable bonds is 5. The summed E-state index contributed by atoms with van der Waals surface area (Å²) in [5, 5.41) is 16.9. The Morgan fingerprint density at radius 1 is 1.23 bits per heavy atom. The van der Waals surface area contributed by atoms with Crippen LogP contribution in [-0.4, -0.2) is 15.9 Å². The highest BCUT2D eigenvalue weighted by molar-refractivity contribution is 7.80. The predicted octanol–water partition coefficient (Wildman–Crippen LogP) is 3.17. The molecular formula is C17H12ClN3O4S. The molecule has 1 heterocycles. The van der Waals surface area contributed by atoms with Gasteiger partial charge in [0.1, 0.15) is 18.1 Å². The second-order valence-electron chi connectivity index (χ2n) is 5.36. The Morgan fingerprint density at radius 2 is 2.04 bits per heavy atom. The minimum Gasteiger partial charge on any atom is -0.488 e. The van der Waals surface area contributed by atoms with Crippen molar-refractivity contribution in [3.05, 3.63) is 74.4 Å². The van der Waals surface area contributed by atoms with E-state index >= 15 is 0 Å². The van der Waals surface area contributed by atoms with Crippen molar-refractivity contribution in [2.75, 3.05) is 0 Å². The maximum Gasteiger partial charge on any atom is 0.273 e. The zero-order chi connectivity index (χ0) is 18.7. The lowest BCUT2D eigenvalue weighted by Gasteiger charge is -2.10. The molecule has 2 aromatic carbocycles. The van der Waals surface area contributed by atoms with Crippen LogP contribution in [0.25, 0.3) is 6.08 Å². The van der Waals surface area contributed by atoms with E-state index in [1.54, 1.807) is 18.2 Å². The molecule has 1 saturated heterocycles. The molecule has 2 N–H and O–H groups in total. The first-order chi connectivity index (χ1) is 12.4. The van der Waals surface area contributed by atoms with Crippen molar-refractivity contribution >= 4 is 46.6 Å². The van der Waals surface area contributed by atoms with Crippen LogP contribution in [0.3, 0.4) is 0 Å². The molecule has 9 heteroatoms. The summed E-state index contributed by atoms with van der Waals surface area (Å²) in [5.74, 6) is -0.0298. The number of hydrogen-bond donors (Lipinski definition) is 2. The summed E-state index contributed by atoms with van der Waals surface area (Å²) in [6.45, 7) is 0.215. The molecule has 0 bridgehead atoms. The van der Waals surface area contributed by atoms with Gasteiger partial charge in [0.15, 0.2) is 5.11 Å². The second kappa shape index (κ2) is 7.51. The molecule has 0 saturated carbocycles. The number of halogens is 1. The highest BCUT2D eigenvalue weighted by Gasteiger charge is 2.21. The number of benzene rings is 2. The van der Waals surface area contributed by atoms with Gasteiger partial charge in [0.2, 0.25) is 0 Å². The lowest BCUT2D eigenvalue weighted by Crippen LogP contribution is -2.21. The molecule has 1 amide bonds. The van der Waals surface area contributed by atoms with Crippen LogP contribution < -0.4 is 15.4 Å². The normalized spacial score (nSPS) is 14.9. The lowest BCUT2D eigenvalue weighted by atomic mass is 10.1. The zero-order valence-corrected chi connectivity index (χ0v) is 14.8.